The van der Waals surface area contributed by atoms with Crippen LogP contribution in [0.5, 0.6) is 5.75 Å². The first-order chi connectivity index (χ1) is 28.8. The molecule has 3 fully saturated rings. The second kappa shape index (κ2) is 15.5. The van der Waals surface area contributed by atoms with Crippen molar-refractivity contribution in [1.82, 2.24) is 14.8 Å². The SMILES string of the molecule is CC[C@]1(O)C[C@H]2C[N@](CCc3c([nH]c4ccccc34)[C@@](C(=O)OC)(c3cc4c(cc3OC)N(C=O)[C@H]3[C@@](O)(C(=O)OC)[C@H](OC(C)=O)[C@]5(CC)C=CCN6CC[C@]43[C@@H]65)C2)C1.[PbH2]. The van der Waals surface area contributed by atoms with Gasteiger partial charge < -0.3 is 39.0 Å². The molecule has 1 aromatic heterocycles. The predicted octanol–water partition coefficient (Wildman–Crippen LogP) is 2.60. The van der Waals surface area contributed by atoms with Gasteiger partial charge in [0.05, 0.1) is 38.7 Å². The van der Waals surface area contributed by atoms with Crippen LogP contribution in [0.15, 0.2) is 48.6 Å². The van der Waals surface area contributed by atoms with Crippen molar-refractivity contribution in [2.24, 2.45) is 11.3 Å². The number of anilines is 1. The summed E-state index contributed by atoms with van der Waals surface area (Å²) in [5.74, 6) is -2.06. The molecule has 3 aromatic rings. The number of fused-ring (bicyclic) bond motifs is 6. The molecule has 2 bridgehead atoms. The molecule has 1 aliphatic carbocycles. The van der Waals surface area contributed by atoms with Gasteiger partial charge in [0.1, 0.15) is 11.2 Å². The summed E-state index contributed by atoms with van der Waals surface area (Å²) >= 11 is 0. The van der Waals surface area contributed by atoms with Crippen molar-refractivity contribution in [3.8, 4) is 5.75 Å². The fourth-order valence-corrected chi connectivity index (χ4v) is 13.4. The van der Waals surface area contributed by atoms with E-state index in [1.807, 2.05) is 50.3 Å². The van der Waals surface area contributed by atoms with Crippen LogP contribution in [0, 0.1) is 11.3 Å². The fourth-order valence-electron chi connectivity index (χ4n) is 13.4. The molecule has 2 aromatic carbocycles. The number of aromatic nitrogens is 1. The second-order valence-electron chi connectivity index (χ2n) is 18.1. The standard InChI is InChI=1S/C46H56N4O10.Pb.2H/c1-7-42(55)22-28-23-45(40(53)58-5,36-30(14-18-48(24-28)25-42)29-12-9-10-13-33(29)47-36)32-20-31-34(21-35(32)57-4)50(26-51)38-44(31)16-19-49-17-11-15-43(8-2,37(44)49)39(60-27(3)52)46(38,56)41(54)59-6;;;/h9-13,15,20-21,26,28,37-39,47,55-56H,7-8,14,16-19,22-25H2,1-6H3;;;/t28-,37+,38-,39-,42+,43-,44-,45+,46+;;;/m1.../s1. The number of hydrogen-bond donors (Lipinski definition) is 3. The van der Waals surface area contributed by atoms with Crippen molar-refractivity contribution in [2.45, 2.75) is 99.5 Å². The number of aromatic amines is 1. The van der Waals surface area contributed by atoms with E-state index >= 15 is 4.79 Å². The van der Waals surface area contributed by atoms with Gasteiger partial charge in [0.2, 0.25) is 12.0 Å². The fraction of sp³-hybridized carbons (Fsp3) is 0.565. The van der Waals surface area contributed by atoms with E-state index in [1.165, 1.54) is 33.2 Å². The number of nitrogens with one attached hydrogen (secondary N) is 1. The Morgan fingerprint density at radius 1 is 0.967 bits per heavy atom. The number of H-pyrrole nitrogens is 1. The van der Waals surface area contributed by atoms with Gasteiger partial charge in [-0.15, -0.1) is 0 Å². The topological polar surface area (TPSA) is 171 Å². The van der Waals surface area contributed by atoms with Gasteiger partial charge in [-0.05, 0) is 74.2 Å². The summed E-state index contributed by atoms with van der Waals surface area (Å²) < 4.78 is 23.7. The van der Waals surface area contributed by atoms with Crippen molar-refractivity contribution in [3.05, 3.63) is 70.9 Å². The number of benzene rings is 2. The number of nitrogens with zero attached hydrogens (tertiary/aromatic N) is 3. The maximum atomic E-state index is 15.3. The molecule has 326 valence electrons. The molecule has 6 aliphatic rings. The third-order valence-corrected chi connectivity index (χ3v) is 15.5. The first-order valence-electron chi connectivity index (χ1n) is 21.3. The normalized spacial score (nSPS) is 35.9. The van der Waals surface area contributed by atoms with E-state index in [0.29, 0.717) is 99.5 Å². The molecule has 2 saturated heterocycles. The van der Waals surface area contributed by atoms with Crippen LogP contribution in [-0.4, -0.2) is 160 Å². The Kier molecular flexibility index (Phi) is 11.1. The quantitative estimate of drug-likeness (QED) is 0.0994. The molecular weight excluding hydrogens is 976 g/mol. The van der Waals surface area contributed by atoms with E-state index in [-0.39, 0.29) is 39.6 Å². The maximum absolute atomic E-state index is 15.3. The van der Waals surface area contributed by atoms with Gasteiger partial charge in [-0.2, -0.15) is 0 Å². The molecule has 14 nitrogen and oxygen atoms in total. The molecule has 1 saturated carbocycles. The van der Waals surface area contributed by atoms with Crippen LogP contribution in [0.3, 0.4) is 0 Å². The number of hydrogen-bond acceptors (Lipinski definition) is 12. The summed E-state index contributed by atoms with van der Waals surface area (Å²) in [7, 11) is 4.09. The van der Waals surface area contributed by atoms with Gasteiger partial charge in [-0.1, -0.05) is 44.2 Å². The van der Waals surface area contributed by atoms with E-state index < -0.39 is 63.5 Å². The average molecular weight is 1030 g/mol. The molecule has 5 aliphatic heterocycles. The van der Waals surface area contributed by atoms with E-state index in [0.717, 1.165) is 16.5 Å². The summed E-state index contributed by atoms with van der Waals surface area (Å²) in [5, 5.41) is 26.3. The number of esters is 3. The van der Waals surface area contributed by atoms with E-state index in [9.17, 15) is 24.6 Å². The van der Waals surface area contributed by atoms with Crippen LogP contribution in [0.1, 0.15) is 75.3 Å². The van der Waals surface area contributed by atoms with Crippen LogP contribution in [0.4, 0.5) is 5.69 Å². The molecule has 1 spiro atoms. The molecule has 1 amide bonds. The zero-order valence-electron chi connectivity index (χ0n) is 36.0. The number of carbonyl (C=O) groups is 4. The summed E-state index contributed by atoms with van der Waals surface area (Å²) in [6.45, 7) is 8.16. The van der Waals surface area contributed by atoms with Crippen LogP contribution in [0.25, 0.3) is 10.9 Å². The van der Waals surface area contributed by atoms with Gasteiger partial charge >= 0.3 is 45.2 Å². The number of amides is 1. The summed E-state index contributed by atoms with van der Waals surface area (Å²) in [4.78, 5) is 66.1. The van der Waals surface area contributed by atoms with Crippen molar-refractivity contribution >= 4 is 68.2 Å². The first kappa shape index (κ1) is 43.8. The molecule has 61 heavy (non-hydrogen) atoms. The first-order valence-corrected chi connectivity index (χ1v) is 21.3. The molecular formula is C46H58N4O10Pb. The molecule has 2 radical (unpaired) electrons. The van der Waals surface area contributed by atoms with E-state index in [2.05, 4.69) is 20.9 Å². The Balaban J connectivity index is 0.00000514. The minimum absolute atomic E-state index is 0. The van der Waals surface area contributed by atoms with Crippen LogP contribution < -0.4 is 9.64 Å². The molecule has 0 unspecified atom stereocenters. The van der Waals surface area contributed by atoms with Gasteiger partial charge in [0.25, 0.3) is 0 Å². The van der Waals surface area contributed by atoms with Crippen molar-refractivity contribution in [3.63, 3.8) is 0 Å². The Morgan fingerprint density at radius 3 is 2.39 bits per heavy atom. The monoisotopic (exact) mass is 1030 g/mol. The van der Waals surface area contributed by atoms with Crippen molar-refractivity contribution < 1.29 is 48.3 Å². The second-order valence-corrected chi connectivity index (χ2v) is 18.1. The molecule has 15 heteroatoms. The predicted molar refractivity (Wildman–Crippen MR) is 229 cm³/mol. The number of rotatable bonds is 8. The van der Waals surface area contributed by atoms with Crippen LogP contribution in [-0.2, 0) is 50.6 Å². The number of ether oxygens (including phenoxy) is 4. The zero-order chi connectivity index (χ0) is 42.6. The minimum atomic E-state index is -2.53. The zero-order valence-corrected chi connectivity index (χ0v) is 41.5. The third-order valence-electron chi connectivity index (χ3n) is 15.5. The Bertz CT molecular complexity index is 2320. The molecule has 3 N–H and O–H groups in total. The number of aliphatic hydroxyl groups is 2. The van der Waals surface area contributed by atoms with E-state index in [1.54, 1.807) is 6.07 Å². The summed E-state index contributed by atoms with van der Waals surface area (Å²) in [6, 6.07) is 9.97. The van der Waals surface area contributed by atoms with Gasteiger partial charge in [-0.25, -0.2) is 4.79 Å². The summed E-state index contributed by atoms with van der Waals surface area (Å²) in [6.07, 6.45) is 5.83. The Morgan fingerprint density at radius 2 is 1.72 bits per heavy atom. The number of piperidine rings is 1. The van der Waals surface area contributed by atoms with Crippen molar-refractivity contribution in [2.75, 3.05) is 59.0 Å². The number of para-hydroxylation sites is 1. The average Bonchev–Trinajstić information content (AvgIpc) is 3.92. The third kappa shape index (κ3) is 5.83. The molecule has 6 heterocycles. The summed E-state index contributed by atoms with van der Waals surface area (Å²) in [5.41, 5.74) is -3.15. The van der Waals surface area contributed by atoms with Gasteiger partial charge in [0.15, 0.2) is 6.10 Å². The van der Waals surface area contributed by atoms with Crippen LogP contribution in [0.2, 0.25) is 0 Å². The van der Waals surface area contributed by atoms with Crippen LogP contribution >= 0.6 is 0 Å². The molecule has 10 atom stereocenters. The molecule has 9 rings (SSSR count). The Hall–Kier alpha value is -3.84. The Labute approximate surface area is 376 Å². The van der Waals surface area contributed by atoms with E-state index in [4.69, 9.17) is 18.9 Å². The van der Waals surface area contributed by atoms with Crippen molar-refractivity contribution in [1.29, 1.82) is 0 Å². The number of methoxy groups -OCH3 is 3. The number of carbonyl (C=O) groups excluding carboxylic acids is 4. The van der Waals surface area contributed by atoms with Gasteiger partial charge in [-0.3, -0.25) is 24.2 Å². The van der Waals surface area contributed by atoms with Gasteiger partial charge in [0, 0.05) is 78.2 Å².